The molecule has 1 aliphatic rings. The van der Waals surface area contributed by atoms with Gasteiger partial charge in [0.15, 0.2) is 5.88 Å². The topological polar surface area (TPSA) is 72.2 Å². The first-order valence-electron chi connectivity index (χ1n) is 6.24. The smallest absolute Gasteiger partial charge is 0.318 e. The Balaban J connectivity index is 1.98. The lowest BCUT2D eigenvalue weighted by molar-refractivity contribution is 0.376. The van der Waals surface area contributed by atoms with Crippen LogP contribution < -0.4 is 15.4 Å². The van der Waals surface area contributed by atoms with Gasteiger partial charge in [-0.3, -0.25) is 0 Å². The molecule has 3 heterocycles. The second-order valence-electron chi connectivity index (χ2n) is 4.45. The zero-order valence-corrected chi connectivity index (χ0v) is 11.0. The SMILES string of the molecule is COc1nc2c(c(Nc3ccc(C)o3)n1)CNCC2. The quantitative estimate of drug-likeness (QED) is 0.876. The molecule has 3 rings (SSSR count). The molecule has 0 radical (unpaired) electrons. The molecule has 0 bridgehead atoms. The number of nitrogens with one attached hydrogen (secondary N) is 2. The van der Waals surface area contributed by atoms with Crippen molar-refractivity contribution in [3.05, 3.63) is 29.2 Å². The van der Waals surface area contributed by atoms with E-state index in [4.69, 9.17) is 9.15 Å². The number of hydrogen-bond donors (Lipinski definition) is 2. The molecule has 0 aromatic carbocycles. The fourth-order valence-electron chi connectivity index (χ4n) is 2.13. The molecular weight excluding hydrogens is 244 g/mol. The van der Waals surface area contributed by atoms with Crippen molar-refractivity contribution in [2.45, 2.75) is 19.9 Å². The molecule has 2 aromatic heterocycles. The minimum absolute atomic E-state index is 0.381. The molecule has 0 saturated heterocycles. The minimum atomic E-state index is 0.381. The highest BCUT2D eigenvalue weighted by Crippen LogP contribution is 2.26. The van der Waals surface area contributed by atoms with Gasteiger partial charge in [-0.15, -0.1) is 0 Å². The molecule has 0 fully saturated rings. The monoisotopic (exact) mass is 260 g/mol. The maximum atomic E-state index is 5.52. The van der Waals surface area contributed by atoms with E-state index in [1.54, 1.807) is 7.11 Å². The third-order valence-corrected chi connectivity index (χ3v) is 3.08. The zero-order valence-electron chi connectivity index (χ0n) is 11.0. The van der Waals surface area contributed by atoms with E-state index in [2.05, 4.69) is 20.6 Å². The summed E-state index contributed by atoms with van der Waals surface area (Å²) in [4.78, 5) is 8.76. The second kappa shape index (κ2) is 4.89. The van der Waals surface area contributed by atoms with Crippen LogP contribution in [0, 0.1) is 6.92 Å². The number of rotatable bonds is 3. The van der Waals surface area contributed by atoms with Crippen LogP contribution in [0.15, 0.2) is 16.5 Å². The maximum Gasteiger partial charge on any atom is 0.318 e. The second-order valence-corrected chi connectivity index (χ2v) is 4.45. The molecule has 2 N–H and O–H groups in total. The lowest BCUT2D eigenvalue weighted by Crippen LogP contribution is -2.26. The fourth-order valence-corrected chi connectivity index (χ4v) is 2.13. The summed E-state index contributed by atoms with van der Waals surface area (Å²) in [5.74, 6) is 2.27. The van der Waals surface area contributed by atoms with Crippen LogP contribution in [-0.4, -0.2) is 23.6 Å². The molecule has 0 saturated carbocycles. The summed E-state index contributed by atoms with van der Waals surface area (Å²) in [6, 6.07) is 4.17. The van der Waals surface area contributed by atoms with Crippen molar-refractivity contribution in [1.29, 1.82) is 0 Å². The van der Waals surface area contributed by atoms with Gasteiger partial charge in [-0.2, -0.15) is 9.97 Å². The lowest BCUT2D eigenvalue weighted by Gasteiger charge is -2.19. The van der Waals surface area contributed by atoms with Crippen LogP contribution >= 0.6 is 0 Å². The van der Waals surface area contributed by atoms with Gasteiger partial charge in [0.2, 0.25) is 0 Å². The van der Waals surface area contributed by atoms with Crippen molar-refractivity contribution in [2.24, 2.45) is 0 Å². The number of aromatic nitrogens is 2. The number of anilines is 2. The Morgan fingerprint density at radius 1 is 1.37 bits per heavy atom. The summed E-state index contributed by atoms with van der Waals surface area (Å²) in [5.41, 5.74) is 2.09. The average molecular weight is 260 g/mol. The molecule has 1 aliphatic heterocycles. The van der Waals surface area contributed by atoms with Crippen molar-refractivity contribution < 1.29 is 9.15 Å². The van der Waals surface area contributed by atoms with Crippen molar-refractivity contribution in [3.8, 4) is 6.01 Å². The summed E-state index contributed by atoms with van der Waals surface area (Å²) in [7, 11) is 1.57. The van der Waals surface area contributed by atoms with Gasteiger partial charge in [-0.1, -0.05) is 0 Å². The number of nitrogens with zero attached hydrogens (tertiary/aromatic N) is 2. The number of hydrogen-bond acceptors (Lipinski definition) is 6. The molecule has 0 spiro atoms. The maximum absolute atomic E-state index is 5.52. The molecule has 19 heavy (non-hydrogen) atoms. The number of ether oxygens (including phenoxy) is 1. The largest absolute Gasteiger partial charge is 0.467 e. The van der Waals surface area contributed by atoms with E-state index < -0.39 is 0 Å². The number of aryl methyl sites for hydroxylation is 1. The number of furan rings is 1. The highest BCUT2D eigenvalue weighted by molar-refractivity contribution is 5.57. The van der Waals surface area contributed by atoms with Gasteiger partial charge in [0.25, 0.3) is 0 Å². The van der Waals surface area contributed by atoms with E-state index in [-0.39, 0.29) is 0 Å². The van der Waals surface area contributed by atoms with E-state index >= 15 is 0 Å². The number of methoxy groups -OCH3 is 1. The van der Waals surface area contributed by atoms with Gasteiger partial charge in [0.05, 0.1) is 12.8 Å². The summed E-state index contributed by atoms with van der Waals surface area (Å²) in [6.45, 7) is 3.58. The Kier molecular flexibility index (Phi) is 3.08. The van der Waals surface area contributed by atoms with Gasteiger partial charge in [-0.25, -0.2) is 0 Å². The zero-order chi connectivity index (χ0) is 13.2. The first-order valence-corrected chi connectivity index (χ1v) is 6.24. The molecule has 100 valence electrons. The average Bonchev–Trinajstić information content (AvgIpc) is 2.84. The summed E-state index contributed by atoms with van der Waals surface area (Å²) < 4.78 is 10.7. The molecule has 0 atom stereocenters. The Bertz CT molecular complexity index is 594. The summed E-state index contributed by atoms with van der Waals surface area (Å²) >= 11 is 0. The van der Waals surface area contributed by atoms with Crippen LogP contribution in [-0.2, 0) is 13.0 Å². The highest BCUT2D eigenvalue weighted by Gasteiger charge is 2.18. The predicted molar refractivity (Wildman–Crippen MR) is 70.7 cm³/mol. The molecule has 6 heteroatoms. The molecular formula is C13H16N4O2. The minimum Gasteiger partial charge on any atom is -0.467 e. The van der Waals surface area contributed by atoms with Crippen molar-refractivity contribution in [2.75, 3.05) is 19.0 Å². The Hall–Kier alpha value is -2.08. The van der Waals surface area contributed by atoms with Gasteiger partial charge >= 0.3 is 6.01 Å². The fraction of sp³-hybridized carbons (Fsp3) is 0.385. The Morgan fingerprint density at radius 2 is 2.26 bits per heavy atom. The van der Waals surface area contributed by atoms with E-state index in [1.165, 1.54) is 0 Å². The van der Waals surface area contributed by atoms with Crippen molar-refractivity contribution in [3.63, 3.8) is 0 Å². The van der Waals surface area contributed by atoms with Crippen LogP contribution in [0.3, 0.4) is 0 Å². The van der Waals surface area contributed by atoms with Gasteiger partial charge in [-0.05, 0) is 13.0 Å². The van der Waals surface area contributed by atoms with Crippen LogP contribution in [0.5, 0.6) is 6.01 Å². The van der Waals surface area contributed by atoms with Gasteiger partial charge < -0.3 is 19.8 Å². The standard InChI is InChI=1S/C13H16N4O2/c1-8-3-4-11(19-8)16-12-9-7-14-6-5-10(9)15-13(17-12)18-2/h3-4,14H,5-7H2,1-2H3,(H,15,16,17). The van der Waals surface area contributed by atoms with E-state index in [0.717, 1.165) is 42.3 Å². The van der Waals surface area contributed by atoms with Gasteiger partial charge in [0.1, 0.15) is 11.6 Å². The van der Waals surface area contributed by atoms with Crippen LogP contribution in [0.2, 0.25) is 0 Å². The molecule has 0 amide bonds. The first kappa shape index (κ1) is 12.0. The molecule has 0 unspecified atom stereocenters. The third-order valence-electron chi connectivity index (χ3n) is 3.08. The number of fused-ring (bicyclic) bond motifs is 1. The van der Waals surface area contributed by atoms with E-state index in [0.29, 0.717) is 11.9 Å². The van der Waals surface area contributed by atoms with E-state index in [1.807, 2.05) is 19.1 Å². The van der Waals surface area contributed by atoms with Crippen molar-refractivity contribution in [1.82, 2.24) is 15.3 Å². The summed E-state index contributed by atoms with van der Waals surface area (Å²) in [5, 5.41) is 6.51. The molecule has 2 aromatic rings. The normalized spacial score (nSPS) is 14.0. The van der Waals surface area contributed by atoms with Gasteiger partial charge in [0, 0.05) is 31.1 Å². The Morgan fingerprint density at radius 3 is 3.00 bits per heavy atom. The van der Waals surface area contributed by atoms with E-state index in [9.17, 15) is 0 Å². The Labute approximate surface area is 111 Å². The van der Waals surface area contributed by atoms with Crippen LogP contribution in [0.25, 0.3) is 0 Å². The molecule has 0 aliphatic carbocycles. The highest BCUT2D eigenvalue weighted by atomic mass is 16.5. The van der Waals surface area contributed by atoms with Crippen LogP contribution in [0.1, 0.15) is 17.0 Å². The predicted octanol–water partition coefficient (Wildman–Crippen LogP) is 1.78. The lowest BCUT2D eigenvalue weighted by atomic mass is 10.1. The first-order chi connectivity index (χ1) is 9.26. The van der Waals surface area contributed by atoms with Crippen LogP contribution in [0.4, 0.5) is 11.7 Å². The molecule has 6 nitrogen and oxygen atoms in total. The summed E-state index contributed by atoms with van der Waals surface area (Å²) in [6.07, 6.45) is 0.875. The van der Waals surface area contributed by atoms with Crippen molar-refractivity contribution >= 4 is 11.7 Å². The third kappa shape index (κ3) is 2.39.